The van der Waals surface area contributed by atoms with E-state index in [2.05, 4.69) is 11.9 Å². The molecule has 1 spiro atoms. The molecule has 1 N–H and O–H groups in total. The molecular weight excluding hydrogens is 264 g/mol. The van der Waals surface area contributed by atoms with Gasteiger partial charge in [0.2, 0.25) is 11.8 Å². The lowest BCUT2D eigenvalue weighted by Crippen LogP contribution is -2.63. The van der Waals surface area contributed by atoms with Crippen molar-refractivity contribution in [2.75, 3.05) is 18.1 Å². The van der Waals surface area contributed by atoms with Crippen molar-refractivity contribution in [2.45, 2.75) is 25.7 Å². The maximum atomic E-state index is 12.4. The van der Waals surface area contributed by atoms with Gasteiger partial charge in [-0.3, -0.25) is 19.8 Å². The minimum absolute atomic E-state index is 0.307. The maximum Gasteiger partial charge on any atom is 0.330 e. The van der Waals surface area contributed by atoms with Crippen molar-refractivity contribution in [3.63, 3.8) is 0 Å². The molecule has 0 bridgehead atoms. The van der Waals surface area contributed by atoms with E-state index in [1.807, 2.05) is 0 Å². The van der Waals surface area contributed by atoms with Crippen LogP contribution in [0.2, 0.25) is 0 Å². The van der Waals surface area contributed by atoms with Gasteiger partial charge in [0.25, 0.3) is 0 Å². The summed E-state index contributed by atoms with van der Waals surface area (Å²) in [5.41, 5.74) is -0.975. The first kappa shape index (κ1) is 14.1. The van der Waals surface area contributed by atoms with Gasteiger partial charge in [0.1, 0.15) is 5.41 Å². The van der Waals surface area contributed by atoms with Gasteiger partial charge < -0.3 is 0 Å². The highest BCUT2D eigenvalue weighted by Crippen LogP contribution is 2.41. The van der Waals surface area contributed by atoms with Gasteiger partial charge in [-0.25, -0.2) is 4.79 Å². The van der Waals surface area contributed by atoms with Crippen molar-refractivity contribution in [2.24, 2.45) is 5.41 Å². The number of carbonyl (C=O) groups is 3. The molecule has 0 aromatic rings. The van der Waals surface area contributed by atoms with Crippen LogP contribution in [0.15, 0.2) is 12.7 Å². The lowest BCUT2D eigenvalue weighted by atomic mass is 9.82. The summed E-state index contributed by atoms with van der Waals surface area (Å²) in [6.07, 6.45) is 4.63. The van der Waals surface area contributed by atoms with E-state index in [1.54, 1.807) is 17.8 Å². The number of imide groups is 2. The Kier molecular flexibility index (Phi) is 4.29. The molecule has 0 atom stereocenters. The Morgan fingerprint density at radius 1 is 1.32 bits per heavy atom. The monoisotopic (exact) mass is 282 g/mol. The quantitative estimate of drug-likeness (QED) is 0.472. The predicted molar refractivity (Wildman–Crippen MR) is 73.7 cm³/mol. The number of nitrogens with zero attached hydrogens (tertiary/aromatic N) is 1. The largest absolute Gasteiger partial charge is 0.330 e. The van der Waals surface area contributed by atoms with E-state index in [0.29, 0.717) is 25.1 Å². The molecule has 4 amide bonds. The summed E-state index contributed by atoms with van der Waals surface area (Å²) in [5.74, 6) is 0.733. The Bertz CT molecular complexity index is 416. The summed E-state index contributed by atoms with van der Waals surface area (Å²) < 4.78 is 0. The summed E-state index contributed by atoms with van der Waals surface area (Å²) in [4.78, 5) is 37.4. The first-order valence-electron chi connectivity index (χ1n) is 6.48. The van der Waals surface area contributed by atoms with Crippen molar-refractivity contribution in [1.82, 2.24) is 10.2 Å². The fraction of sp³-hybridized carbons (Fsp3) is 0.615. The Balaban J connectivity index is 2.06. The van der Waals surface area contributed by atoms with E-state index in [1.165, 1.54) is 4.90 Å². The molecule has 2 aliphatic rings. The average Bonchev–Trinajstić information content (AvgIpc) is 2.87. The third-order valence-electron chi connectivity index (χ3n) is 3.71. The zero-order valence-corrected chi connectivity index (χ0v) is 11.6. The fourth-order valence-corrected chi connectivity index (χ4v) is 3.32. The van der Waals surface area contributed by atoms with Crippen LogP contribution in [0.25, 0.3) is 0 Å². The molecular formula is C13H18N2O3S. The Morgan fingerprint density at radius 3 is 2.63 bits per heavy atom. The number of hydrogen-bond donors (Lipinski definition) is 1. The molecule has 0 aromatic carbocycles. The third kappa shape index (κ3) is 2.54. The number of thioether (sulfide) groups is 1. The molecule has 6 heteroatoms. The highest BCUT2D eigenvalue weighted by molar-refractivity contribution is 7.99. The summed E-state index contributed by atoms with van der Waals surface area (Å²) in [7, 11) is 0. The van der Waals surface area contributed by atoms with Gasteiger partial charge in [-0.1, -0.05) is 18.9 Å². The van der Waals surface area contributed by atoms with Crippen LogP contribution >= 0.6 is 11.8 Å². The summed E-state index contributed by atoms with van der Waals surface area (Å²) in [5, 5.41) is 2.33. The molecule has 104 valence electrons. The predicted octanol–water partition coefficient (Wildman–Crippen LogP) is 1.54. The lowest BCUT2D eigenvalue weighted by Gasteiger charge is -2.36. The topological polar surface area (TPSA) is 66.5 Å². The molecule has 0 aromatic heterocycles. The number of nitrogens with one attached hydrogen (secondary N) is 1. The number of urea groups is 1. The zero-order chi connectivity index (χ0) is 13.9. The molecule has 2 rings (SSSR count). The van der Waals surface area contributed by atoms with Gasteiger partial charge >= 0.3 is 6.03 Å². The van der Waals surface area contributed by atoms with Crippen molar-refractivity contribution in [3.8, 4) is 0 Å². The number of barbiturate groups is 1. The first-order valence-corrected chi connectivity index (χ1v) is 7.63. The summed E-state index contributed by atoms with van der Waals surface area (Å²) >= 11 is 1.61. The minimum Gasteiger partial charge on any atom is -0.277 e. The van der Waals surface area contributed by atoms with E-state index in [-0.39, 0.29) is 5.91 Å². The van der Waals surface area contributed by atoms with Crippen molar-refractivity contribution >= 4 is 29.6 Å². The zero-order valence-electron chi connectivity index (χ0n) is 10.8. The normalized spacial score (nSPS) is 21.9. The van der Waals surface area contributed by atoms with Crippen molar-refractivity contribution in [1.29, 1.82) is 0 Å². The fourth-order valence-electron chi connectivity index (χ4n) is 2.68. The van der Waals surface area contributed by atoms with Gasteiger partial charge in [0.15, 0.2) is 0 Å². The third-order valence-corrected chi connectivity index (χ3v) is 4.65. The second-order valence-corrected chi connectivity index (χ2v) is 6.02. The standard InChI is InChI=1S/C13H18N2O3S/c1-2-8-19-9-7-15-11(17)13(5-3-4-6-13)10(16)14-12(15)18/h2H,1,3-9H2,(H,14,16,18). The SMILES string of the molecule is C=CCSCCN1C(=O)NC(=O)C2(CCCC2)C1=O. The number of carbonyl (C=O) groups excluding carboxylic acids is 3. The molecule has 5 nitrogen and oxygen atoms in total. The van der Waals surface area contributed by atoms with E-state index in [4.69, 9.17) is 0 Å². The molecule has 1 aliphatic heterocycles. The van der Waals surface area contributed by atoms with Crippen LogP contribution in [0.5, 0.6) is 0 Å². The van der Waals surface area contributed by atoms with Crippen LogP contribution < -0.4 is 5.32 Å². The van der Waals surface area contributed by atoms with E-state index >= 15 is 0 Å². The smallest absolute Gasteiger partial charge is 0.277 e. The number of hydrogen-bond acceptors (Lipinski definition) is 4. The van der Waals surface area contributed by atoms with E-state index in [9.17, 15) is 14.4 Å². The second kappa shape index (κ2) is 5.77. The highest BCUT2D eigenvalue weighted by Gasteiger charge is 2.54. The van der Waals surface area contributed by atoms with E-state index in [0.717, 1.165) is 18.6 Å². The highest BCUT2D eigenvalue weighted by atomic mass is 32.2. The molecule has 1 aliphatic carbocycles. The Hall–Kier alpha value is -1.30. The van der Waals surface area contributed by atoms with Crippen LogP contribution in [0, 0.1) is 5.41 Å². The maximum absolute atomic E-state index is 12.4. The number of amides is 4. The van der Waals surface area contributed by atoms with Crippen molar-refractivity contribution in [3.05, 3.63) is 12.7 Å². The van der Waals surface area contributed by atoms with Gasteiger partial charge in [0, 0.05) is 18.1 Å². The Morgan fingerprint density at radius 2 is 2.00 bits per heavy atom. The average molecular weight is 282 g/mol. The van der Waals surface area contributed by atoms with Crippen LogP contribution in [0.4, 0.5) is 4.79 Å². The van der Waals surface area contributed by atoms with Gasteiger partial charge in [-0.2, -0.15) is 11.8 Å². The van der Waals surface area contributed by atoms with Crippen molar-refractivity contribution < 1.29 is 14.4 Å². The molecule has 19 heavy (non-hydrogen) atoms. The molecule has 1 heterocycles. The molecule has 2 fully saturated rings. The number of rotatable bonds is 5. The Labute approximate surface area is 116 Å². The first-order chi connectivity index (χ1) is 9.12. The second-order valence-electron chi connectivity index (χ2n) is 4.87. The molecule has 1 saturated carbocycles. The summed E-state index contributed by atoms with van der Waals surface area (Å²) in [6.45, 7) is 3.96. The molecule has 0 unspecified atom stereocenters. The molecule has 0 radical (unpaired) electrons. The van der Waals surface area contributed by atoms with Crippen LogP contribution in [-0.4, -0.2) is 40.8 Å². The van der Waals surface area contributed by atoms with E-state index < -0.39 is 17.4 Å². The van der Waals surface area contributed by atoms with Gasteiger partial charge in [-0.15, -0.1) is 6.58 Å². The lowest BCUT2D eigenvalue weighted by molar-refractivity contribution is -0.150. The van der Waals surface area contributed by atoms with Gasteiger partial charge in [-0.05, 0) is 12.8 Å². The van der Waals surface area contributed by atoms with Gasteiger partial charge in [0.05, 0.1) is 0 Å². The summed E-state index contributed by atoms with van der Waals surface area (Å²) in [6, 6.07) is -0.577. The van der Waals surface area contributed by atoms with Crippen LogP contribution in [0.3, 0.4) is 0 Å². The molecule has 1 saturated heterocycles. The van der Waals surface area contributed by atoms with Crippen LogP contribution in [0.1, 0.15) is 25.7 Å². The minimum atomic E-state index is -0.975. The van der Waals surface area contributed by atoms with Crippen LogP contribution in [-0.2, 0) is 9.59 Å².